The zero-order valence-corrected chi connectivity index (χ0v) is 19.7. The molecule has 1 aliphatic rings. The van der Waals surface area contributed by atoms with Gasteiger partial charge in [0, 0.05) is 31.9 Å². The summed E-state index contributed by atoms with van der Waals surface area (Å²) < 4.78 is 16.3. The van der Waals surface area contributed by atoms with Crippen molar-refractivity contribution < 1.29 is 14.2 Å². The summed E-state index contributed by atoms with van der Waals surface area (Å²) in [6.07, 6.45) is 2.36. The van der Waals surface area contributed by atoms with Crippen molar-refractivity contribution in [1.29, 1.82) is 0 Å². The van der Waals surface area contributed by atoms with Crippen molar-refractivity contribution in [3.05, 3.63) is 48.0 Å². The number of likely N-dealkylation sites (tertiary alicyclic amines) is 1. The fourth-order valence-electron chi connectivity index (χ4n) is 3.92. The van der Waals surface area contributed by atoms with Gasteiger partial charge in [-0.25, -0.2) is 0 Å². The van der Waals surface area contributed by atoms with E-state index in [1.165, 1.54) is 18.4 Å². The minimum atomic E-state index is 0.587. The van der Waals surface area contributed by atoms with E-state index in [0.29, 0.717) is 12.5 Å². The van der Waals surface area contributed by atoms with Crippen LogP contribution >= 0.6 is 0 Å². The Morgan fingerprint density at radius 1 is 1.03 bits per heavy atom. The predicted molar refractivity (Wildman–Crippen MR) is 130 cm³/mol. The van der Waals surface area contributed by atoms with Crippen LogP contribution in [0.3, 0.4) is 0 Å². The molecule has 1 aliphatic heterocycles. The number of methoxy groups -OCH3 is 2. The molecule has 2 aromatic carbocycles. The van der Waals surface area contributed by atoms with Gasteiger partial charge in [0.05, 0.1) is 20.8 Å². The van der Waals surface area contributed by atoms with Gasteiger partial charge in [0.1, 0.15) is 5.75 Å². The lowest BCUT2D eigenvalue weighted by Crippen LogP contribution is -2.40. The SMILES string of the molecule is CCOc1cc(NC(=NC)NCC2CCN(Cc3ccc(OC)cc3)CC2)ccc1OC. The van der Waals surface area contributed by atoms with E-state index in [0.717, 1.165) is 55.1 Å². The second-order valence-electron chi connectivity index (χ2n) is 7.94. The van der Waals surface area contributed by atoms with Crippen molar-refractivity contribution in [3.8, 4) is 17.2 Å². The van der Waals surface area contributed by atoms with Gasteiger partial charge >= 0.3 is 0 Å². The summed E-state index contributed by atoms with van der Waals surface area (Å²) in [5, 5.41) is 6.83. The van der Waals surface area contributed by atoms with Gasteiger partial charge in [-0.05, 0) is 68.6 Å². The summed E-state index contributed by atoms with van der Waals surface area (Å²) in [6.45, 7) is 6.67. The summed E-state index contributed by atoms with van der Waals surface area (Å²) >= 11 is 0. The Morgan fingerprint density at radius 3 is 2.41 bits per heavy atom. The molecule has 1 fully saturated rings. The standard InChI is InChI=1S/C25H36N4O3/c1-5-32-24-16-21(8-11-23(24)31-4)28-25(26-2)27-17-19-12-14-29(15-13-19)18-20-6-9-22(30-3)10-7-20/h6-11,16,19H,5,12-15,17-18H2,1-4H3,(H2,26,27,28). The highest BCUT2D eigenvalue weighted by atomic mass is 16.5. The number of hydrogen-bond donors (Lipinski definition) is 2. The second kappa shape index (κ2) is 12.2. The van der Waals surface area contributed by atoms with Crippen molar-refractivity contribution in [3.63, 3.8) is 0 Å². The maximum Gasteiger partial charge on any atom is 0.195 e. The highest BCUT2D eigenvalue weighted by Crippen LogP contribution is 2.30. The molecule has 1 heterocycles. The number of benzene rings is 2. The van der Waals surface area contributed by atoms with Crippen LogP contribution < -0.4 is 24.8 Å². The molecule has 0 radical (unpaired) electrons. The third kappa shape index (κ3) is 6.79. The Balaban J connectivity index is 1.44. The van der Waals surface area contributed by atoms with Gasteiger partial charge in [-0.15, -0.1) is 0 Å². The molecule has 0 unspecified atom stereocenters. The molecule has 0 saturated carbocycles. The van der Waals surface area contributed by atoms with Crippen LogP contribution in [0.25, 0.3) is 0 Å². The van der Waals surface area contributed by atoms with Crippen molar-refractivity contribution in [2.75, 3.05) is 52.8 Å². The minimum absolute atomic E-state index is 0.587. The van der Waals surface area contributed by atoms with Gasteiger partial charge in [-0.2, -0.15) is 0 Å². The highest BCUT2D eigenvalue weighted by Gasteiger charge is 2.19. The molecule has 2 N–H and O–H groups in total. The van der Waals surface area contributed by atoms with Crippen molar-refractivity contribution in [1.82, 2.24) is 10.2 Å². The Hall–Kier alpha value is -2.93. The minimum Gasteiger partial charge on any atom is -0.497 e. The quantitative estimate of drug-likeness (QED) is 0.454. The van der Waals surface area contributed by atoms with Gasteiger partial charge in [-0.1, -0.05) is 12.1 Å². The van der Waals surface area contributed by atoms with E-state index in [2.05, 4.69) is 32.7 Å². The molecule has 174 valence electrons. The summed E-state index contributed by atoms with van der Waals surface area (Å²) in [5.74, 6) is 3.75. The van der Waals surface area contributed by atoms with Crippen molar-refractivity contribution in [2.24, 2.45) is 10.9 Å². The molecule has 0 spiro atoms. The lowest BCUT2D eigenvalue weighted by Gasteiger charge is -2.32. The van der Waals surface area contributed by atoms with E-state index in [9.17, 15) is 0 Å². The molecule has 7 nitrogen and oxygen atoms in total. The molecule has 1 saturated heterocycles. The Morgan fingerprint density at radius 2 is 1.78 bits per heavy atom. The zero-order valence-electron chi connectivity index (χ0n) is 19.7. The van der Waals surface area contributed by atoms with Gasteiger partial charge in [-0.3, -0.25) is 9.89 Å². The number of ether oxygens (including phenoxy) is 3. The fourth-order valence-corrected chi connectivity index (χ4v) is 3.92. The predicted octanol–water partition coefficient (Wildman–Crippen LogP) is 4.00. The molecule has 3 rings (SSSR count). The lowest BCUT2D eigenvalue weighted by atomic mass is 9.96. The lowest BCUT2D eigenvalue weighted by molar-refractivity contribution is 0.178. The Labute approximate surface area is 191 Å². The summed E-state index contributed by atoms with van der Waals surface area (Å²) in [6, 6.07) is 14.2. The largest absolute Gasteiger partial charge is 0.497 e. The van der Waals surface area contributed by atoms with Gasteiger partial charge in [0.15, 0.2) is 17.5 Å². The van der Waals surface area contributed by atoms with Crippen LogP contribution in [0.1, 0.15) is 25.3 Å². The van der Waals surface area contributed by atoms with Crippen LogP contribution in [0.5, 0.6) is 17.2 Å². The van der Waals surface area contributed by atoms with E-state index < -0.39 is 0 Å². The normalized spacial score (nSPS) is 15.3. The Bertz CT molecular complexity index is 862. The fraction of sp³-hybridized carbons (Fsp3) is 0.480. The van der Waals surface area contributed by atoms with E-state index in [-0.39, 0.29) is 0 Å². The first-order valence-electron chi connectivity index (χ1n) is 11.3. The zero-order chi connectivity index (χ0) is 22.8. The van der Waals surface area contributed by atoms with E-state index >= 15 is 0 Å². The maximum atomic E-state index is 5.67. The van der Waals surface area contributed by atoms with Crippen molar-refractivity contribution >= 4 is 11.6 Å². The van der Waals surface area contributed by atoms with Crippen molar-refractivity contribution in [2.45, 2.75) is 26.3 Å². The van der Waals surface area contributed by atoms with Crippen LogP contribution in [0.2, 0.25) is 0 Å². The van der Waals surface area contributed by atoms with E-state index in [1.54, 1.807) is 21.3 Å². The number of rotatable bonds is 9. The van der Waals surface area contributed by atoms with E-state index in [4.69, 9.17) is 14.2 Å². The highest BCUT2D eigenvalue weighted by molar-refractivity contribution is 5.93. The third-order valence-corrected chi connectivity index (χ3v) is 5.78. The second-order valence-corrected chi connectivity index (χ2v) is 7.94. The van der Waals surface area contributed by atoms with Crippen LogP contribution in [0.15, 0.2) is 47.5 Å². The summed E-state index contributed by atoms with van der Waals surface area (Å²) in [4.78, 5) is 6.90. The molecule has 0 aromatic heterocycles. The molecule has 0 atom stereocenters. The third-order valence-electron chi connectivity index (χ3n) is 5.78. The molecular formula is C25H36N4O3. The molecular weight excluding hydrogens is 404 g/mol. The number of aliphatic imine (C=N–C) groups is 1. The average Bonchev–Trinajstić information content (AvgIpc) is 2.83. The monoisotopic (exact) mass is 440 g/mol. The topological polar surface area (TPSA) is 67.4 Å². The number of piperidine rings is 1. The first kappa shape index (κ1) is 23.7. The van der Waals surface area contributed by atoms with Gasteiger partial charge in [0.25, 0.3) is 0 Å². The number of hydrogen-bond acceptors (Lipinski definition) is 5. The molecule has 0 aliphatic carbocycles. The molecule has 0 bridgehead atoms. The average molecular weight is 441 g/mol. The maximum absolute atomic E-state index is 5.67. The van der Waals surface area contributed by atoms with Crippen LogP contribution in [0.4, 0.5) is 5.69 Å². The number of nitrogens with zero attached hydrogens (tertiary/aromatic N) is 2. The van der Waals surface area contributed by atoms with Gasteiger partial charge < -0.3 is 24.8 Å². The first-order valence-corrected chi connectivity index (χ1v) is 11.3. The number of guanidine groups is 1. The van der Waals surface area contributed by atoms with Crippen LogP contribution in [-0.2, 0) is 6.54 Å². The number of anilines is 1. The smallest absolute Gasteiger partial charge is 0.195 e. The summed E-state index contributed by atoms with van der Waals surface area (Å²) in [7, 11) is 5.14. The van der Waals surface area contributed by atoms with E-state index in [1.807, 2.05) is 37.3 Å². The first-order chi connectivity index (χ1) is 15.6. The molecule has 7 heteroatoms. The molecule has 2 aromatic rings. The van der Waals surface area contributed by atoms with Crippen LogP contribution in [0, 0.1) is 5.92 Å². The molecule has 32 heavy (non-hydrogen) atoms. The molecule has 0 amide bonds. The summed E-state index contributed by atoms with van der Waals surface area (Å²) in [5.41, 5.74) is 2.24. The van der Waals surface area contributed by atoms with Gasteiger partial charge in [0.2, 0.25) is 0 Å². The number of nitrogens with one attached hydrogen (secondary N) is 2. The Kier molecular flexibility index (Phi) is 9.04. The van der Waals surface area contributed by atoms with Crippen LogP contribution in [-0.4, -0.2) is 58.4 Å².